The van der Waals surface area contributed by atoms with E-state index in [0.717, 1.165) is 16.5 Å². The molecule has 27 heavy (non-hydrogen) atoms. The molecule has 0 aliphatic rings. The van der Waals surface area contributed by atoms with Gasteiger partial charge in [0.2, 0.25) is 10.0 Å². The van der Waals surface area contributed by atoms with Crippen molar-refractivity contribution in [2.24, 2.45) is 5.92 Å². The maximum Gasteiger partial charge on any atom is 0.240 e. The maximum atomic E-state index is 12.4. The third-order valence-corrected chi connectivity index (χ3v) is 6.18. The molecule has 0 aliphatic carbocycles. The zero-order valence-electron chi connectivity index (χ0n) is 15.7. The van der Waals surface area contributed by atoms with Crippen LogP contribution in [-0.2, 0) is 10.0 Å². The Morgan fingerprint density at radius 3 is 2.04 bits per heavy atom. The van der Waals surface area contributed by atoms with E-state index in [2.05, 4.69) is 40.8 Å². The van der Waals surface area contributed by atoms with Crippen molar-refractivity contribution >= 4 is 20.8 Å². The van der Waals surface area contributed by atoms with Crippen LogP contribution < -0.4 is 4.72 Å². The molecule has 0 saturated heterocycles. The van der Waals surface area contributed by atoms with Crippen molar-refractivity contribution in [2.45, 2.75) is 31.7 Å². The summed E-state index contributed by atoms with van der Waals surface area (Å²) in [5, 5.41) is 2.33. The number of rotatable bonds is 4. The first kappa shape index (κ1) is 19.2. The molecule has 0 radical (unpaired) electrons. The van der Waals surface area contributed by atoms with E-state index in [0.29, 0.717) is 0 Å². The van der Waals surface area contributed by atoms with E-state index in [1.807, 2.05) is 39.0 Å². The standard InChI is InChI=1S/C23H23NO2S/c1-17(2)18(3)24-27(25,26)23-14-11-19(12-15-23)8-9-20-10-13-21-6-4-5-7-22(21)16-20/h4-7,10-18,24H,1-3H3/t18-/m1/s1. The summed E-state index contributed by atoms with van der Waals surface area (Å²) in [5.74, 6) is 6.47. The highest BCUT2D eigenvalue weighted by atomic mass is 32.2. The molecule has 0 unspecified atom stereocenters. The van der Waals surface area contributed by atoms with Gasteiger partial charge in [0.15, 0.2) is 0 Å². The van der Waals surface area contributed by atoms with Crippen molar-refractivity contribution < 1.29 is 8.42 Å². The topological polar surface area (TPSA) is 46.2 Å². The van der Waals surface area contributed by atoms with Crippen LogP contribution in [0.3, 0.4) is 0 Å². The predicted octanol–water partition coefficient (Wildman–Crippen LogP) is 4.56. The summed E-state index contributed by atoms with van der Waals surface area (Å²) in [5.41, 5.74) is 1.71. The molecular formula is C23H23NO2S. The van der Waals surface area contributed by atoms with Crippen molar-refractivity contribution in [2.75, 3.05) is 0 Å². The van der Waals surface area contributed by atoms with E-state index < -0.39 is 10.0 Å². The zero-order valence-corrected chi connectivity index (χ0v) is 16.5. The van der Waals surface area contributed by atoms with Gasteiger partial charge in [-0.25, -0.2) is 13.1 Å². The van der Waals surface area contributed by atoms with E-state index in [9.17, 15) is 8.42 Å². The van der Waals surface area contributed by atoms with E-state index in [1.54, 1.807) is 24.3 Å². The average molecular weight is 378 g/mol. The molecular weight excluding hydrogens is 354 g/mol. The summed E-state index contributed by atoms with van der Waals surface area (Å²) in [6.07, 6.45) is 0. The van der Waals surface area contributed by atoms with E-state index in [1.165, 1.54) is 5.39 Å². The Labute approximate surface area is 161 Å². The second-order valence-corrected chi connectivity index (χ2v) is 8.70. The summed E-state index contributed by atoms with van der Waals surface area (Å²) in [4.78, 5) is 0.256. The summed E-state index contributed by atoms with van der Waals surface area (Å²) in [7, 11) is -3.51. The maximum absolute atomic E-state index is 12.4. The van der Waals surface area contributed by atoms with Crippen molar-refractivity contribution in [1.29, 1.82) is 0 Å². The largest absolute Gasteiger partial charge is 0.240 e. The summed E-state index contributed by atoms with van der Waals surface area (Å²) < 4.78 is 27.5. The van der Waals surface area contributed by atoms with Gasteiger partial charge in [-0.1, -0.05) is 56.0 Å². The van der Waals surface area contributed by atoms with Crippen LogP contribution >= 0.6 is 0 Å². The molecule has 0 aliphatic heterocycles. The number of benzene rings is 3. The molecule has 3 rings (SSSR count). The SMILES string of the molecule is CC(C)[C@@H](C)NS(=O)(=O)c1ccc(C#Cc2ccc3ccccc3c2)cc1. The fourth-order valence-corrected chi connectivity index (χ4v) is 3.97. The normalized spacial score (nSPS) is 12.6. The highest BCUT2D eigenvalue weighted by Gasteiger charge is 2.18. The van der Waals surface area contributed by atoms with Crippen LogP contribution in [0.25, 0.3) is 10.8 Å². The van der Waals surface area contributed by atoms with Gasteiger partial charge in [0.1, 0.15) is 0 Å². The quantitative estimate of drug-likeness (QED) is 0.678. The number of fused-ring (bicyclic) bond motifs is 1. The van der Waals surface area contributed by atoms with E-state index in [-0.39, 0.29) is 16.9 Å². The number of hydrogen-bond acceptors (Lipinski definition) is 2. The molecule has 0 heterocycles. The summed E-state index contributed by atoms with van der Waals surface area (Å²) in [6.45, 7) is 5.84. The number of nitrogens with one attached hydrogen (secondary N) is 1. The van der Waals surface area contributed by atoms with Crippen LogP contribution in [0.2, 0.25) is 0 Å². The van der Waals surface area contributed by atoms with Gasteiger partial charge in [0.25, 0.3) is 0 Å². The predicted molar refractivity (Wildman–Crippen MR) is 111 cm³/mol. The van der Waals surface area contributed by atoms with Crippen molar-refractivity contribution in [1.82, 2.24) is 4.72 Å². The zero-order chi connectivity index (χ0) is 19.4. The molecule has 3 nitrogen and oxygen atoms in total. The van der Waals surface area contributed by atoms with Gasteiger partial charge >= 0.3 is 0 Å². The van der Waals surface area contributed by atoms with E-state index >= 15 is 0 Å². The molecule has 138 valence electrons. The Balaban J connectivity index is 1.79. The Morgan fingerprint density at radius 1 is 0.778 bits per heavy atom. The molecule has 1 atom stereocenters. The van der Waals surface area contributed by atoms with Gasteiger partial charge in [-0.15, -0.1) is 0 Å². The summed E-state index contributed by atoms with van der Waals surface area (Å²) in [6, 6.07) is 20.8. The van der Waals surface area contributed by atoms with Crippen molar-refractivity contribution in [3.8, 4) is 11.8 Å². The molecule has 0 fully saturated rings. The highest BCUT2D eigenvalue weighted by Crippen LogP contribution is 2.16. The number of hydrogen-bond donors (Lipinski definition) is 1. The molecule has 1 N–H and O–H groups in total. The van der Waals surface area contributed by atoms with Gasteiger partial charge in [-0.05, 0) is 60.0 Å². The van der Waals surface area contributed by atoms with Crippen LogP contribution in [0.5, 0.6) is 0 Å². The highest BCUT2D eigenvalue weighted by molar-refractivity contribution is 7.89. The minimum Gasteiger partial charge on any atom is -0.208 e. The Bertz CT molecular complexity index is 1100. The molecule has 3 aromatic carbocycles. The van der Waals surface area contributed by atoms with Crippen LogP contribution in [0.4, 0.5) is 0 Å². The second-order valence-electron chi connectivity index (χ2n) is 6.99. The van der Waals surface area contributed by atoms with Crippen molar-refractivity contribution in [3.05, 3.63) is 77.9 Å². The molecule has 0 aromatic heterocycles. The van der Waals surface area contributed by atoms with Crippen LogP contribution in [0.15, 0.2) is 71.6 Å². The molecule has 0 spiro atoms. The minimum atomic E-state index is -3.51. The average Bonchev–Trinajstić information content (AvgIpc) is 2.66. The van der Waals surface area contributed by atoms with Gasteiger partial charge in [-0.2, -0.15) is 0 Å². The second kappa shape index (κ2) is 7.96. The molecule has 0 bridgehead atoms. The summed E-state index contributed by atoms with van der Waals surface area (Å²) >= 11 is 0. The third kappa shape index (κ3) is 4.77. The van der Waals surface area contributed by atoms with Crippen LogP contribution in [-0.4, -0.2) is 14.5 Å². The first-order chi connectivity index (χ1) is 12.8. The Kier molecular flexibility index (Phi) is 5.65. The number of sulfonamides is 1. The Morgan fingerprint density at radius 2 is 1.37 bits per heavy atom. The molecule has 4 heteroatoms. The van der Waals surface area contributed by atoms with Gasteiger partial charge in [0, 0.05) is 17.2 Å². The fraction of sp³-hybridized carbons (Fsp3) is 0.217. The lowest BCUT2D eigenvalue weighted by molar-refractivity contribution is 0.476. The van der Waals surface area contributed by atoms with Crippen LogP contribution in [0.1, 0.15) is 31.9 Å². The first-order valence-corrected chi connectivity index (χ1v) is 10.5. The third-order valence-electron chi connectivity index (χ3n) is 4.61. The van der Waals surface area contributed by atoms with Gasteiger partial charge in [0.05, 0.1) is 4.90 Å². The fourth-order valence-electron chi connectivity index (χ4n) is 2.58. The van der Waals surface area contributed by atoms with Gasteiger partial charge < -0.3 is 0 Å². The van der Waals surface area contributed by atoms with Gasteiger partial charge in [-0.3, -0.25) is 0 Å². The van der Waals surface area contributed by atoms with Crippen molar-refractivity contribution in [3.63, 3.8) is 0 Å². The lowest BCUT2D eigenvalue weighted by Gasteiger charge is -2.17. The molecule has 3 aromatic rings. The lowest BCUT2D eigenvalue weighted by Crippen LogP contribution is -2.36. The minimum absolute atomic E-state index is 0.123. The smallest absolute Gasteiger partial charge is 0.208 e. The van der Waals surface area contributed by atoms with Crippen LogP contribution in [0, 0.1) is 17.8 Å². The Hall–Kier alpha value is -2.61. The molecule has 0 saturated carbocycles. The monoisotopic (exact) mass is 377 g/mol. The lowest BCUT2D eigenvalue weighted by atomic mass is 10.1. The molecule has 0 amide bonds. The first-order valence-electron chi connectivity index (χ1n) is 8.98. The van der Waals surface area contributed by atoms with E-state index in [4.69, 9.17) is 0 Å².